The minimum atomic E-state index is -4.03. The number of para-hydroxylation sites is 1. The lowest BCUT2D eigenvalue weighted by Crippen LogP contribution is -2.38. The number of halogens is 1. The molecule has 0 atom stereocenters. The van der Waals surface area contributed by atoms with E-state index in [-0.39, 0.29) is 15.6 Å². The van der Waals surface area contributed by atoms with Crippen LogP contribution in [0.1, 0.15) is 5.56 Å². The molecule has 3 rings (SSSR count). The number of carbonyl (C=O) groups is 1. The van der Waals surface area contributed by atoms with Gasteiger partial charge in [0.2, 0.25) is 5.91 Å². The fraction of sp³-hybridized carbons (Fsp3) is 0.136. The highest BCUT2D eigenvalue weighted by atomic mass is 35.5. The summed E-state index contributed by atoms with van der Waals surface area (Å²) in [6.45, 7) is 1.42. The van der Waals surface area contributed by atoms with E-state index in [4.69, 9.17) is 16.3 Å². The number of amides is 1. The van der Waals surface area contributed by atoms with Gasteiger partial charge in [-0.2, -0.15) is 0 Å². The van der Waals surface area contributed by atoms with Gasteiger partial charge < -0.3 is 10.1 Å². The minimum absolute atomic E-state index is 0.0610. The van der Waals surface area contributed by atoms with Gasteiger partial charge in [-0.3, -0.25) is 9.10 Å². The molecule has 0 saturated heterocycles. The van der Waals surface area contributed by atoms with Crippen LogP contribution >= 0.6 is 11.6 Å². The molecule has 0 heterocycles. The summed E-state index contributed by atoms with van der Waals surface area (Å²) in [7, 11) is -2.53. The molecule has 0 bridgehead atoms. The van der Waals surface area contributed by atoms with E-state index < -0.39 is 22.5 Å². The molecule has 0 unspecified atom stereocenters. The molecule has 8 heteroatoms. The smallest absolute Gasteiger partial charge is 0.264 e. The van der Waals surface area contributed by atoms with Crippen LogP contribution in [-0.2, 0) is 14.8 Å². The van der Waals surface area contributed by atoms with Crippen molar-refractivity contribution >= 4 is 38.9 Å². The van der Waals surface area contributed by atoms with Crippen molar-refractivity contribution in [3.8, 4) is 5.75 Å². The number of rotatable bonds is 7. The lowest BCUT2D eigenvalue weighted by Gasteiger charge is -2.25. The van der Waals surface area contributed by atoms with Gasteiger partial charge in [-0.25, -0.2) is 8.42 Å². The van der Waals surface area contributed by atoms with Crippen LogP contribution in [-0.4, -0.2) is 28.0 Å². The van der Waals surface area contributed by atoms with Crippen LogP contribution in [0.2, 0.25) is 5.02 Å². The third kappa shape index (κ3) is 4.75. The Morgan fingerprint density at radius 2 is 1.70 bits per heavy atom. The van der Waals surface area contributed by atoms with Gasteiger partial charge in [-0.1, -0.05) is 48.0 Å². The van der Waals surface area contributed by atoms with E-state index in [2.05, 4.69) is 5.32 Å². The number of hydrogen-bond donors (Lipinski definition) is 1. The maximum Gasteiger partial charge on any atom is 0.264 e. The molecule has 0 aliphatic heterocycles. The molecule has 0 fully saturated rings. The number of methoxy groups -OCH3 is 1. The lowest BCUT2D eigenvalue weighted by atomic mass is 10.2. The lowest BCUT2D eigenvalue weighted by molar-refractivity contribution is -0.114. The Hall–Kier alpha value is -3.03. The Balaban J connectivity index is 1.97. The maximum absolute atomic E-state index is 13.3. The van der Waals surface area contributed by atoms with Crippen molar-refractivity contribution in [1.82, 2.24) is 0 Å². The van der Waals surface area contributed by atoms with Gasteiger partial charge >= 0.3 is 0 Å². The van der Waals surface area contributed by atoms with Gasteiger partial charge in [0.1, 0.15) is 12.3 Å². The molecule has 156 valence electrons. The molecule has 0 aliphatic rings. The monoisotopic (exact) mass is 444 g/mol. The largest absolute Gasteiger partial charge is 0.495 e. The molecule has 1 N–H and O–H groups in total. The molecule has 6 nitrogen and oxygen atoms in total. The van der Waals surface area contributed by atoms with Crippen LogP contribution in [0.3, 0.4) is 0 Å². The Morgan fingerprint density at radius 1 is 1.03 bits per heavy atom. The Kier molecular flexibility index (Phi) is 6.64. The van der Waals surface area contributed by atoms with Gasteiger partial charge in [0, 0.05) is 0 Å². The number of nitrogens with one attached hydrogen (secondary N) is 1. The second-order valence-electron chi connectivity index (χ2n) is 6.53. The number of benzene rings is 3. The van der Waals surface area contributed by atoms with E-state index >= 15 is 0 Å². The molecule has 0 aromatic heterocycles. The fourth-order valence-corrected chi connectivity index (χ4v) is 4.66. The highest BCUT2D eigenvalue weighted by Crippen LogP contribution is 2.31. The summed E-state index contributed by atoms with van der Waals surface area (Å²) in [5.41, 5.74) is 1.60. The average Bonchev–Trinajstić information content (AvgIpc) is 2.73. The summed E-state index contributed by atoms with van der Waals surface area (Å²) in [6, 6.07) is 19.7. The van der Waals surface area contributed by atoms with Crippen molar-refractivity contribution in [3.63, 3.8) is 0 Å². The van der Waals surface area contributed by atoms with Gasteiger partial charge in [0.15, 0.2) is 0 Å². The molecular formula is C22H21ClN2O4S. The van der Waals surface area contributed by atoms with E-state index in [0.717, 1.165) is 9.87 Å². The van der Waals surface area contributed by atoms with Crippen LogP contribution in [0.25, 0.3) is 0 Å². The second kappa shape index (κ2) is 9.19. The normalized spacial score (nSPS) is 11.0. The summed E-state index contributed by atoms with van der Waals surface area (Å²) < 4.78 is 32.9. The highest BCUT2D eigenvalue weighted by molar-refractivity contribution is 7.92. The molecule has 1 amide bonds. The fourth-order valence-electron chi connectivity index (χ4n) is 2.91. The second-order valence-corrected chi connectivity index (χ2v) is 8.80. The van der Waals surface area contributed by atoms with Crippen molar-refractivity contribution in [2.24, 2.45) is 0 Å². The predicted molar refractivity (Wildman–Crippen MR) is 119 cm³/mol. The topological polar surface area (TPSA) is 75.7 Å². The van der Waals surface area contributed by atoms with Crippen LogP contribution in [0.4, 0.5) is 11.4 Å². The van der Waals surface area contributed by atoms with Crippen LogP contribution in [0.5, 0.6) is 5.75 Å². The summed E-state index contributed by atoms with van der Waals surface area (Å²) >= 11 is 6.27. The SMILES string of the molecule is COc1ccc(C)cc1NC(=O)CN(c1ccccc1Cl)S(=O)(=O)c1ccccc1. The highest BCUT2D eigenvalue weighted by Gasteiger charge is 2.28. The molecule has 0 radical (unpaired) electrons. The molecule has 30 heavy (non-hydrogen) atoms. The first kappa shape index (κ1) is 21.7. The quantitative estimate of drug-likeness (QED) is 0.582. The summed E-state index contributed by atoms with van der Waals surface area (Å²) in [5, 5.41) is 2.95. The molecule has 0 aliphatic carbocycles. The Bertz CT molecular complexity index is 1150. The van der Waals surface area contributed by atoms with Gasteiger partial charge in [0.05, 0.1) is 28.4 Å². The van der Waals surface area contributed by atoms with E-state index in [9.17, 15) is 13.2 Å². The number of hydrogen-bond acceptors (Lipinski definition) is 4. The standard InChI is InChI=1S/C22H21ClN2O4S/c1-16-12-13-21(29-2)19(14-16)24-22(26)15-25(20-11-7-6-10-18(20)23)30(27,28)17-8-4-3-5-9-17/h3-14H,15H2,1-2H3,(H,24,26). The first-order chi connectivity index (χ1) is 14.3. The maximum atomic E-state index is 13.3. The van der Waals surface area contributed by atoms with E-state index in [1.807, 2.05) is 13.0 Å². The van der Waals surface area contributed by atoms with Crippen molar-refractivity contribution in [1.29, 1.82) is 0 Å². The average molecular weight is 445 g/mol. The van der Waals surface area contributed by atoms with Crippen LogP contribution in [0.15, 0.2) is 77.7 Å². The first-order valence-corrected chi connectivity index (χ1v) is 10.9. The van der Waals surface area contributed by atoms with Crippen molar-refractivity contribution in [3.05, 3.63) is 83.4 Å². The first-order valence-electron chi connectivity index (χ1n) is 9.09. The van der Waals surface area contributed by atoms with Crippen molar-refractivity contribution in [2.75, 3.05) is 23.3 Å². The number of sulfonamides is 1. The molecular weight excluding hydrogens is 424 g/mol. The van der Waals surface area contributed by atoms with Crippen molar-refractivity contribution in [2.45, 2.75) is 11.8 Å². The zero-order valence-corrected chi connectivity index (χ0v) is 18.1. The van der Waals surface area contributed by atoms with E-state index in [0.29, 0.717) is 11.4 Å². The number of nitrogens with zero attached hydrogens (tertiary/aromatic N) is 1. The van der Waals surface area contributed by atoms with Crippen molar-refractivity contribution < 1.29 is 17.9 Å². The van der Waals surface area contributed by atoms with Gasteiger partial charge in [0.25, 0.3) is 10.0 Å². The van der Waals surface area contributed by atoms with Crippen LogP contribution < -0.4 is 14.4 Å². The van der Waals surface area contributed by atoms with E-state index in [1.54, 1.807) is 54.6 Å². The third-order valence-corrected chi connectivity index (χ3v) is 6.46. The molecule has 0 spiro atoms. The number of aryl methyl sites for hydroxylation is 1. The summed E-state index contributed by atoms with van der Waals surface area (Å²) in [5.74, 6) is -0.0533. The zero-order valence-electron chi connectivity index (χ0n) is 16.5. The number of ether oxygens (including phenoxy) is 1. The number of carbonyl (C=O) groups excluding carboxylic acids is 1. The van der Waals surface area contributed by atoms with Gasteiger partial charge in [-0.15, -0.1) is 0 Å². The Labute approximate surface area is 181 Å². The minimum Gasteiger partial charge on any atom is -0.495 e. The van der Waals surface area contributed by atoms with Gasteiger partial charge in [-0.05, 0) is 48.9 Å². The predicted octanol–water partition coefficient (Wildman–Crippen LogP) is 4.49. The number of anilines is 2. The third-order valence-electron chi connectivity index (χ3n) is 4.37. The van der Waals surface area contributed by atoms with E-state index in [1.165, 1.54) is 19.2 Å². The van der Waals surface area contributed by atoms with Crippen LogP contribution in [0, 0.1) is 6.92 Å². The zero-order chi connectivity index (χ0) is 21.7. The molecule has 0 saturated carbocycles. The summed E-state index contributed by atoms with van der Waals surface area (Å²) in [6.07, 6.45) is 0. The molecule has 3 aromatic rings. The molecule has 3 aromatic carbocycles. The Morgan fingerprint density at radius 3 is 2.37 bits per heavy atom. The summed E-state index contributed by atoms with van der Waals surface area (Å²) in [4.78, 5) is 12.9.